The van der Waals surface area contributed by atoms with Gasteiger partial charge in [-0.3, -0.25) is 0 Å². The van der Waals surface area contributed by atoms with E-state index >= 15 is 0 Å². The van der Waals surface area contributed by atoms with E-state index in [1.165, 1.54) is 0 Å². The molecule has 212 valence electrons. The zero-order valence-electron chi connectivity index (χ0n) is 24.2. The molecule has 0 heterocycles. The molecule has 39 heavy (non-hydrogen) atoms. The number of rotatable bonds is 14. The maximum Gasteiger partial charge on any atom is 0.336 e. The minimum absolute atomic E-state index is 0.0565. The van der Waals surface area contributed by atoms with Gasteiger partial charge in [0.25, 0.3) is 0 Å². The minimum atomic E-state index is -0.937. The molecule has 0 radical (unpaired) electrons. The van der Waals surface area contributed by atoms with Crippen LogP contribution in [0.3, 0.4) is 0 Å². The number of hydrogen-bond donors (Lipinski definition) is 0. The number of ether oxygens (including phenoxy) is 6. The highest BCUT2D eigenvalue weighted by atomic mass is 16.7. The van der Waals surface area contributed by atoms with Crippen LogP contribution >= 0.6 is 0 Å². The molecule has 0 aliphatic rings. The number of hydrogen-bond acceptors (Lipinski definition) is 8. The molecule has 0 saturated carbocycles. The van der Waals surface area contributed by atoms with Gasteiger partial charge in [0.1, 0.15) is 23.0 Å². The van der Waals surface area contributed by atoms with Crippen LogP contribution < -0.4 is 18.9 Å². The van der Waals surface area contributed by atoms with Crippen LogP contribution in [0.25, 0.3) is 11.1 Å². The highest BCUT2D eigenvalue weighted by Gasteiger charge is 2.26. The Balaban J connectivity index is 2.74. The fraction of sp³-hybridized carbons (Fsp3) is 0.419. The molecule has 0 spiro atoms. The molecular formula is C31H40O8. The van der Waals surface area contributed by atoms with Gasteiger partial charge in [0.05, 0.1) is 18.8 Å². The van der Waals surface area contributed by atoms with Crippen LogP contribution in [0, 0.1) is 0 Å². The average molecular weight is 541 g/mol. The SMILES string of the molecule is C=C(C)C(=O)OC(C)Oc1cc(OCC)ccc1-c1c(OCC)ccc(C(C)C)c1OC(C)OC(=O)C(=C)C. The van der Waals surface area contributed by atoms with Crippen molar-refractivity contribution in [2.45, 2.75) is 73.9 Å². The quantitative estimate of drug-likeness (QED) is 0.144. The molecular weight excluding hydrogens is 500 g/mol. The fourth-order valence-electron chi connectivity index (χ4n) is 3.65. The third-order valence-electron chi connectivity index (χ3n) is 5.42. The Morgan fingerprint density at radius 2 is 1.33 bits per heavy atom. The maximum atomic E-state index is 12.2. The van der Waals surface area contributed by atoms with E-state index in [0.717, 1.165) is 5.56 Å². The summed E-state index contributed by atoms with van der Waals surface area (Å²) in [6.45, 7) is 22.3. The summed E-state index contributed by atoms with van der Waals surface area (Å²) in [6, 6.07) is 9.15. The smallest absolute Gasteiger partial charge is 0.336 e. The summed E-state index contributed by atoms with van der Waals surface area (Å²) >= 11 is 0. The van der Waals surface area contributed by atoms with E-state index in [0.29, 0.717) is 47.3 Å². The number of esters is 2. The molecule has 2 rings (SSSR count). The Morgan fingerprint density at radius 1 is 0.769 bits per heavy atom. The lowest BCUT2D eigenvalue weighted by Crippen LogP contribution is -2.23. The van der Waals surface area contributed by atoms with Crippen molar-refractivity contribution in [2.75, 3.05) is 13.2 Å². The second-order valence-electron chi connectivity index (χ2n) is 9.28. The molecule has 2 aromatic carbocycles. The third kappa shape index (κ3) is 8.53. The van der Waals surface area contributed by atoms with Crippen LogP contribution in [-0.2, 0) is 19.1 Å². The standard InChI is InChI=1S/C31H40O8/c1-11-34-23-13-14-25(27(17-23)36-21(9)38-30(32)19(5)6)28-26(35-12-2)16-15-24(18(3)4)29(28)37-22(10)39-31(33)20(7)8/h13-18,21-22H,5,7,11-12H2,1-4,6,8-10H3. The first-order valence-electron chi connectivity index (χ1n) is 13.0. The average Bonchev–Trinajstić information content (AvgIpc) is 2.84. The van der Waals surface area contributed by atoms with E-state index in [1.807, 2.05) is 52.0 Å². The van der Waals surface area contributed by atoms with E-state index in [1.54, 1.807) is 33.8 Å². The van der Waals surface area contributed by atoms with E-state index in [-0.39, 0.29) is 17.1 Å². The Morgan fingerprint density at radius 3 is 1.85 bits per heavy atom. The zero-order valence-corrected chi connectivity index (χ0v) is 24.2. The van der Waals surface area contributed by atoms with Gasteiger partial charge in [-0.1, -0.05) is 33.1 Å². The van der Waals surface area contributed by atoms with Gasteiger partial charge >= 0.3 is 11.9 Å². The molecule has 0 aliphatic carbocycles. The highest BCUT2D eigenvalue weighted by molar-refractivity contribution is 5.87. The predicted octanol–water partition coefficient (Wildman–Crippen LogP) is 6.96. The molecule has 2 aromatic rings. The first kappa shape index (κ1) is 31.3. The topological polar surface area (TPSA) is 89.5 Å². The van der Waals surface area contributed by atoms with Crippen molar-refractivity contribution in [3.8, 4) is 34.1 Å². The van der Waals surface area contributed by atoms with Gasteiger partial charge in [-0.25, -0.2) is 9.59 Å². The van der Waals surface area contributed by atoms with Gasteiger partial charge in [0.2, 0.25) is 12.6 Å². The van der Waals surface area contributed by atoms with Gasteiger partial charge in [0.15, 0.2) is 0 Å². The Labute approximate surface area is 231 Å². The van der Waals surface area contributed by atoms with Crippen LogP contribution in [0.2, 0.25) is 0 Å². The summed E-state index contributed by atoms with van der Waals surface area (Å²) in [6.07, 6.45) is -1.86. The van der Waals surface area contributed by atoms with Crippen LogP contribution in [-0.4, -0.2) is 37.7 Å². The summed E-state index contributed by atoms with van der Waals surface area (Å²) in [5.74, 6) is 0.879. The molecule has 2 unspecified atom stereocenters. The second-order valence-corrected chi connectivity index (χ2v) is 9.28. The van der Waals surface area contributed by atoms with Crippen molar-refractivity contribution in [3.05, 3.63) is 60.2 Å². The molecule has 0 aliphatic heterocycles. The molecule has 0 aromatic heterocycles. The monoisotopic (exact) mass is 540 g/mol. The molecule has 8 heteroatoms. The van der Waals surface area contributed by atoms with Crippen molar-refractivity contribution in [1.29, 1.82) is 0 Å². The van der Waals surface area contributed by atoms with Gasteiger partial charge in [-0.05, 0) is 57.4 Å². The first-order chi connectivity index (χ1) is 18.4. The van der Waals surface area contributed by atoms with E-state index in [9.17, 15) is 9.59 Å². The molecule has 0 fully saturated rings. The lowest BCUT2D eigenvalue weighted by molar-refractivity contribution is -0.157. The normalized spacial score (nSPS) is 12.2. The van der Waals surface area contributed by atoms with Crippen LogP contribution in [0.15, 0.2) is 54.6 Å². The van der Waals surface area contributed by atoms with Gasteiger partial charge in [-0.15, -0.1) is 0 Å². The fourth-order valence-corrected chi connectivity index (χ4v) is 3.65. The molecule has 8 nitrogen and oxygen atoms in total. The van der Waals surface area contributed by atoms with E-state index in [2.05, 4.69) is 13.2 Å². The van der Waals surface area contributed by atoms with Gasteiger partial charge < -0.3 is 28.4 Å². The summed E-state index contributed by atoms with van der Waals surface area (Å²) in [4.78, 5) is 24.3. The van der Waals surface area contributed by atoms with Gasteiger partial charge in [0, 0.05) is 36.6 Å². The molecule has 0 N–H and O–H groups in total. The maximum absolute atomic E-state index is 12.2. The summed E-state index contributed by atoms with van der Waals surface area (Å²) < 4.78 is 34.9. The number of carbonyl (C=O) groups is 2. The summed E-state index contributed by atoms with van der Waals surface area (Å²) in [5.41, 5.74) is 2.59. The predicted molar refractivity (Wildman–Crippen MR) is 150 cm³/mol. The van der Waals surface area contributed by atoms with Crippen LogP contribution in [0.5, 0.6) is 23.0 Å². The number of benzene rings is 2. The lowest BCUT2D eigenvalue weighted by atomic mass is 9.94. The Kier molecular flexibility index (Phi) is 11.5. The highest BCUT2D eigenvalue weighted by Crippen LogP contribution is 2.48. The number of carbonyl (C=O) groups excluding carboxylic acids is 2. The zero-order chi connectivity index (χ0) is 29.3. The summed E-state index contributed by atoms with van der Waals surface area (Å²) in [5, 5.41) is 0. The van der Waals surface area contributed by atoms with E-state index in [4.69, 9.17) is 28.4 Å². The Bertz CT molecular complexity index is 1200. The Hall–Kier alpha value is -3.94. The molecule has 0 amide bonds. The van der Waals surface area contributed by atoms with Crippen molar-refractivity contribution in [3.63, 3.8) is 0 Å². The molecule has 2 atom stereocenters. The van der Waals surface area contributed by atoms with Crippen molar-refractivity contribution >= 4 is 11.9 Å². The third-order valence-corrected chi connectivity index (χ3v) is 5.42. The van der Waals surface area contributed by atoms with Crippen molar-refractivity contribution in [2.24, 2.45) is 0 Å². The van der Waals surface area contributed by atoms with Gasteiger partial charge in [-0.2, -0.15) is 0 Å². The first-order valence-corrected chi connectivity index (χ1v) is 13.0. The largest absolute Gasteiger partial charge is 0.494 e. The van der Waals surface area contributed by atoms with Crippen molar-refractivity contribution in [1.82, 2.24) is 0 Å². The molecule has 0 saturated heterocycles. The van der Waals surface area contributed by atoms with Crippen LogP contribution in [0.4, 0.5) is 0 Å². The molecule has 0 bridgehead atoms. The second kappa shape index (κ2) is 14.3. The van der Waals surface area contributed by atoms with E-state index < -0.39 is 24.5 Å². The lowest BCUT2D eigenvalue weighted by Gasteiger charge is -2.25. The van der Waals surface area contributed by atoms with Crippen LogP contribution in [0.1, 0.15) is 66.9 Å². The minimum Gasteiger partial charge on any atom is -0.494 e. The summed E-state index contributed by atoms with van der Waals surface area (Å²) in [7, 11) is 0. The van der Waals surface area contributed by atoms with Crippen molar-refractivity contribution < 1.29 is 38.0 Å².